The highest BCUT2D eigenvalue weighted by atomic mass is 32.1. The summed E-state index contributed by atoms with van der Waals surface area (Å²) in [6.07, 6.45) is 28.9. The topological polar surface area (TPSA) is 229 Å². The molecule has 0 spiro atoms. The number of carbonyl (C=O) groups is 4. The first-order valence-corrected chi connectivity index (χ1v) is 48.3. The molecule has 0 atom stereocenters. The van der Waals surface area contributed by atoms with E-state index in [1.165, 1.54) is 83.5 Å². The number of rotatable bonds is 34. The van der Waals surface area contributed by atoms with Crippen molar-refractivity contribution in [1.29, 1.82) is 0 Å². The van der Waals surface area contributed by atoms with Gasteiger partial charge in [-0.1, -0.05) is 79.4 Å². The first kappa shape index (κ1) is 87.2. The molecule has 117 heavy (non-hydrogen) atoms. The first-order valence-electron chi connectivity index (χ1n) is 41.5. The fourth-order valence-corrected chi connectivity index (χ4v) is 24.5. The summed E-state index contributed by atoms with van der Waals surface area (Å²) in [4.78, 5) is 97.9. The number of hydrogen-bond acceptors (Lipinski definition) is 25. The zero-order valence-corrected chi connectivity index (χ0v) is 74.9. The maximum absolute atomic E-state index is 12.7. The molecule has 0 amide bonds. The van der Waals surface area contributed by atoms with E-state index in [4.69, 9.17) is 24.7 Å². The molecule has 4 aliphatic rings. The van der Waals surface area contributed by atoms with Crippen molar-refractivity contribution in [1.82, 2.24) is 61.1 Å². The molecular formula is C92H108N12O5S8. The summed E-state index contributed by atoms with van der Waals surface area (Å²) >= 11 is 13.9. The highest BCUT2D eigenvalue weighted by Crippen LogP contribution is 2.46. The molecule has 12 aromatic rings. The summed E-state index contributed by atoms with van der Waals surface area (Å²) in [5.74, 6) is 3.33. The molecule has 4 N–H and O–H groups in total. The van der Waals surface area contributed by atoms with Crippen molar-refractivity contribution in [3.63, 3.8) is 0 Å². The van der Waals surface area contributed by atoms with Gasteiger partial charge in [-0.3, -0.25) is 39.1 Å². The van der Waals surface area contributed by atoms with E-state index < -0.39 is 0 Å². The number of nitrogens with one attached hydrogen (secondary N) is 4. The lowest BCUT2D eigenvalue weighted by Gasteiger charge is -2.13. The van der Waals surface area contributed by atoms with Gasteiger partial charge in [-0.25, -0.2) is 19.9 Å². The van der Waals surface area contributed by atoms with Crippen LogP contribution in [0.15, 0.2) is 119 Å². The number of thiophene rings is 4. The maximum atomic E-state index is 12.7. The van der Waals surface area contributed by atoms with Gasteiger partial charge in [0.2, 0.25) is 0 Å². The van der Waals surface area contributed by atoms with Crippen molar-refractivity contribution in [3.05, 3.63) is 181 Å². The fraction of sp³-hybridized carbons (Fsp3) is 0.435. The van der Waals surface area contributed by atoms with Gasteiger partial charge in [0.1, 0.15) is 54.6 Å². The van der Waals surface area contributed by atoms with Crippen LogP contribution in [-0.4, -0.2) is 103 Å². The molecule has 0 fully saturated rings. The summed E-state index contributed by atoms with van der Waals surface area (Å²) in [6.45, 7) is 21.6. The third-order valence-corrected chi connectivity index (χ3v) is 29.5. The normalized spacial score (nSPS) is 13.6. The van der Waals surface area contributed by atoms with E-state index in [0.717, 1.165) is 208 Å². The zero-order chi connectivity index (χ0) is 81.4. The molecule has 0 saturated carbocycles. The minimum Gasteiger partial charge on any atom is -0.385 e. The molecule has 0 aliphatic carbocycles. The summed E-state index contributed by atoms with van der Waals surface area (Å²) < 4.78 is 5.09. The molecule has 4 aliphatic heterocycles. The summed E-state index contributed by atoms with van der Waals surface area (Å²) in [5.41, 5.74) is 18.1. The number of Topliss-reactive ketones (excluding diaryl/α,β-unsaturated/α-hetero) is 4. The monoisotopic (exact) mass is 1720 g/mol. The van der Waals surface area contributed by atoms with Crippen LogP contribution in [0.5, 0.6) is 0 Å². The average molecular weight is 1720 g/mol. The zero-order valence-electron chi connectivity index (χ0n) is 68.4. The Morgan fingerprint density at radius 3 is 1.08 bits per heavy atom. The second-order valence-electron chi connectivity index (χ2n) is 31.5. The van der Waals surface area contributed by atoms with Gasteiger partial charge in [-0.05, 0) is 173 Å². The average Bonchev–Trinajstić information content (AvgIpc) is 1.64. The van der Waals surface area contributed by atoms with Crippen LogP contribution in [0.1, 0.15) is 186 Å². The molecular weight excluding hydrogens is 1610 g/mol. The molecule has 0 saturated heterocycles. The van der Waals surface area contributed by atoms with Gasteiger partial charge >= 0.3 is 0 Å². The van der Waals surface area contributed by atoms with E-state index in [-0.39, 0.29) is 0 Å². The van der Waals surface area contributed by atoms with Crippen LogP contribution in [0.3, 0.4) is 0 Å². The third-order valence-electron chi connectivity index (χ3n) is 21.1. The van der Waals surface area contributed by atoms with Crippen molar-refractivity contribution in [3.8, 4) is 87.6 Å². The second-order valence-corrected chi connectivity index (χ2v) is 39.7. The lowest BCUT2D eigenvalue weighted by atomic mass is 9.99. The molecule has 16 heterocycles. The van der Waals surface area contributed by atoms with Gasteiger partial charge < -0.3 is 26.0 Å². The Labute approximate surface area is 721 Å². The van der Waals surface area contributed by atoms with Crippen molar-refractivity contribution in [2.75, 3.05) is 39.9 Å². The van der Waals surface area contributed by atoms with Crippen molar-refractivity contribution < 1.29 is 23.9 Å². The number of ether oxygens (including phenoxy) is 1. The quantitative estimate of drug-likeness (QED) is 0.0275. The number of unbranched alkanes of at least 4 members (excludes halogenated alkanes) is 2. The standard InChI is InChI=1S/C23H27N3O2S2.3C23H27N3OS2/c1-28-12-6-2-3-7-16(27)13-20-22(17-9-11-24-14-21(17)30-20)23-26-19(15-29-23)18-8-4-5-10-25-18;1-15(2)5-3-7-17(27)11-20-22(18-8-10-25-13-21(18)29-20)23-26-19(14-28-23)16-6-4-9-24-12-16;1-15(2)6-5-7-16(27)12-20-22(17-9-11-24-13-21(17)29-20)23-26-19(14-28-23)18-8-3-4-10-25-18;1-15(2)4-3-5-17(27)12-20-22(18-8-11-25-13-21(18)29-20)23-26-19(14-28-23)16-6-9-24-10-7-16/h4-5,8,10,15,24H,2-3,6-7,9,11-14H2,1H3;4,6,9,12,14-15,25H,3,5,7-8,10-11,13H2,1-2H3;3-4,8,10,14-15,24H,5-7,9,11-13H2,1-2H3;6-7,9-10,14-15,25H,3-5,8,11-13H2,1-2H3. The number of hydrogen-bond donors (Lipinski definition) is 4. The number of methoxy groups -OCH3 is 1. The van der Waals surface area contributed by atoms with E-state index in [1.54, 1.807) is 129 Å². The van der Waals surface area contributed by atoms with Gasteiger partial charge in [0.25, 0.3) is 0 Å². The Bertz CT molecular complexity index is 4810. The van der Waals surface area contributed by atoms with E-state index in [2.05, 4.69) is 104 Å². The number of aromatic nitrogens is 8. The molecule has 17 nitrogen and oxygen atoms in total. The van der Waals surface area contributed by atoms with E-state index in [1.807, 2.05) is 66.9 Å². The van der Waals surface area contributed by atoms with Gasteiger partial charge in [-0.15, -0.1) is 90.7 Å². The van der Waals surface area contributed by atoms with E-state index in [0.29, 0.717) is 92.3 Å². The predicted molar refractivity (Wildman–Crippen MR) is 488 cm³/mol. The number of nitrogens with zero attached hydrogens (tertiary/aromatic N) is 8. The van der Waals surface area contributed by atoms with E-state index in [9.17, 15) is 19.2 Å². The Morgan fingerprint density at radius 2 is 0.735 bits per heavy atom. The molecule has 0 radical (unpaired) electrons. The summed E-state index contributed by atoms with van der Waals surface area (Å²) in [5, 5.41) is 26.3. The molecule has 16 rings (SSSR count). The third kappa shape index (κ3) is 24.2. The molecule has 12 aromatic heterocycles. The van der Waals surface area contributed by atoms with E-state index >= 15 is 0 Å². The largest absolute Gasteiger partial charge is 0.385 e. The van der Waals surface area contributed by atoms with Gasteiger partial charge in [0.05, 0.1) is 22.8 Å². The minimum absolute atomic E-state index is 0.321. The Balaban J connectivity index is 0.000000135. The molecule has 614 valence electrons. The minimum atomic E-state index is 0.321. The number of pyridine rings is 4. The Morgan fingerprint density at radius 1 is 0.376 bits per heavy atom. The molecule has 25 heteroatoms. The lowest BCUT2D eigenvalue weighted by molar-refractivity contribution is -0.119. The summed E-state index contributed by atoms with van der Waals surface area (Å²) in [6, 6.07) is 19.7. The summed E-state index contributed by atoms with van der Waals surface area (Å²) in [7, 11) is 1.72. The van der Waals surface area contributed by atoms with Crippen molar-refractivity contribution >= 4 is 114 Å². The van der Waals surface area contributed by atoms with Crippen LogP contribution >= 0.6 is 90.7 Å². The van der Waals surface area contributed by atoms with Crippen LogP contribution in [0.25, 0.3) is 87.6 Å². The fourth-order valence-electron chi connectivity index (χ4n) is 15.1. The number of fused-ring (bicyclic) bond motifs is 4. The van der Waals surface area contributed by atoms with Crippen molar-refractivity contribution in [2.24, 2.45) is 17.8 Å². The van der Waals surface area contributed by atoms with Gasteiger partial charge in [0, 0.05) is 222 Å². The van der Waals surface area contributed by atoms with Crippen LogP contribution < -0.4 is 21.3 Å². The lowest BCUT2D eigenvalue weighted by Crippen LogP contribution is -2.22. The first-order chi connectivity index (χ1) is 57.1. The Kier molecular flexibility index (Phi) is 32.9. The molecule has 0 bridgehead atoms. The van der Waals surface area contributed by atoms with Crippen LogP contribution in [0.2, 0.25) is 0 Å². The second kappa shape index (κ2) is 44.1. The molecule has 0 aromatic carbocycles. The highest BCUT2D eigenvalue weighted by molar-refractivity contribution is 7.17. The number of ketones is 4. The predicted octanol–water partition coefficient (Wildman–Crippen LogP) is 21.4. The SMILES string of the molecule is CC(C)CCCC(=O)Cc1sc2c(c1-c1nc(-c3ccccn3)cs1)CCNC2.CC(C)CCCC(=O)Cc1sc2c(c1-c1nc(-c3cccnc3)cs1)CCNC2.CC(C)CCCC(=O)Cc1sc2c(c1-c1nc(-c3ccncc3)cs1)CCNC2.COCCCCCC(=O)Cc1sc2c(c1-c1nc(-c3ccccn3)cs1)CCNC2. The Hall–Kier alpha value is -7.60. The van der Waals surface area contributed by atoms with Crippen molar-refractivity contribution in [2.45, 2.75) is 203 Å². The number of thiazole rings is 4. The highest BCUT2D eigenvalue weighted by Gasteiger charge is 2.31. The van der Waals surface area contributed by atoms with Gasteiger partial charge in [0.15, 0.2) is 0 Å². The smallest absolute Gasteiger partial charge is 0.138 e. The van der Waals surface area contributed by atoms with Crippen LogP contribution in [0.4, 0.5) is 0 Å². The number of carbonyl (C=O) groups excluding carboxylic acids is 4. The van der Waals surface area contributed by atoms with Gasteiger partial charge in [-0.2, -0.15) is 0 Å². The van der Waals surface area contributed by atoms with Crippen LogP contribution in [-0.2, 0) is 101 Å². The maximum Gasteiger partial charge on any atom is 0.138 e. The van der Waals surface area contributed by atoms with Crippen LogP contribution in [0, 0.1) is 17.8 Å². The molecule has 0 unspecified atom stereocenters.